The third-order valence-corrected chi connectivity index (χ3v) is 19.9. The Hall–Kier alpha value is -4.30. The lowest BCUT2D eigenvalue weighted by Gasteiger charge is -2.51. The highest BCUT2D eigenvalue weighted by molar-refractivity contribution is 7.87. The molecule has 20 bridgehead atoms. The molecule has 0 spiro atoms. The van der Waals surface area contributed by atoms with Crippen molar-refractivity contribution < 1.29 is 173 Å². The normalized spacial score (nSPS) is 44.4. The van der Waals surface area contributed by atoms with Crippen molar-refractivity contribution in [2.75, 3.05) is 39.6 Å². The Kier molecular flexibility index (Phi) is 21.8. The first-order chi connectivity index (χ1) is 44.8. The number of hydrogen-bond acceptors (Lipinski definition) is 36. The van der Waals surface area contributed by atoms with Crippen molar-refractivity contribution >= 4 is 31.8 Å². The third-order valence-electron chi connectivity index (χ3n) is 17.3. The molecule has 0 aliphatic carbocycles. The summed E-state index contributed by atoms with van der Waals surface area (Å²) in [5.41, 5.74) is -0.760. The van der Waals surface area contributed by atoms with E-state index in [0.717, 1.165) is 36.4 Å². The van der Waals surface area contributed by atoms with Gasteiger partial charge in [0.15, 0.2) is 61.5 Å². The van der Waals surface area contributed by atoms with Crippen LogP contribution in [0.15, 0.2) is 82.6 Å². The highest BCUT2D eigenvalue weighted by Crippen LogP contribution is 2.41. The average Bonchev–Trinajstić information content (AvgIpc) is 0.782. The summed E-state index contributed by atoms with van der Waals surface area (Å²) in [4.78, 5) is 26.4. The zero-order chi connectivity index (χ0) is 67.6. The lowest BCUT2D eigenvalue weighted by atomic mass is 9.94. The monoisotopic (exact) mass is 1380 g/mol. The van der Waals surface area contributed by atoms with Crippen LogP contribution in [0.2, 0.25) is 0 Å². The van der Waals surface area contributed by atoms with Crippen LogP contribution in [0.25, 0.3) is 0 Å². The second-order valence-corrected chi connectivity index (χ2v) is 26.3. The molecular weight excluding hydrogens is 1310 g/mol. The van der Waals surface area contributed by atoms with Crippen molar-refractivity contribution in [3.8, 4) is 0 Å². The Morgan fingerprint density at radius 3 is 0.766 bits per heavy atom. The smallest absolute Gasteiger partial charge is 0.297 e. The quantitative estimate of drug-likeness (QED) is 0.102. The number of carbonyl (C=O) groups excluding carboxylic acids is 2. The Morgan fingerprint density at radius 1 is 0.277 bits per heavy atom. The summed E-state index contributed by atoms with van der Waals surface area (Å²) in [6.07, 6.45) is -66.7. The predicted molar refractivity (Wildman–Crippen MR) is 294 cm³/mol. The minimum Gasteiger partial charge on any atom is -0.394 e. The highest BCUT2D eigenvalue weighted by Gasteiger charge is 2.60. The molecule has 38 heteroatoms. The van der Waals surface area contributed by atoms with E-state index < -0.39 is 265 Å². The molecule has 3 aromatic rings. The molecule has 24 rings (SSSR count). The standard InChI is InChI=1S/C56H70O36S2/c57-13-25-43-33(65)37(69)52(79-25)86-45-27(15-59)81-54(39(71)35(45)67)88-47-29(17-61)83-56-49(41(47)73)91-93(75,76)23-5-1-3-21(11-23)31(63)19-7-9-20(10-8-19)32(64)22-4-2-6-24(12-22)94(77,78)92-50-42(74)48(90-56)30(18-62)84-55(50)89-46-28(16-60)82-53(40(72)36(46)68)87-44-26(14-58)80-51(85-43)38(70)34(44)66/h1-12,25-30,33-62,65-74H,13-18H2/t25-,26-,27-,28-,29?,30-,33-,34-,35-,36-,37-,38-,39-,40-,41-,42-,43-,44-,45-,46-,47?,48-,49-,50-,51-,52-,53-,54-,55-,56?/m1/s1. The van der Waals surface area contributed by atoms with Gasteiger partial charge < -0.3 is 139 Å². The Balaban J connectivity index is 1.02. The molecule has 0 aromatic heterocycles. The highest BCUT2D eigenvalue weighted by atomic mass is 32.2. The predicted octanol–water partition coefficient (Wildman–Crippen LogP) is -9.45. The number of rotatable bonds is 6. The van der Waals surface area contributed by atoms with Crippen LogP contribution in [0.4, 0.5) is 0 Å². The fourth-order valence-electron chi connectivity index (χ4n) is 12.2. The van der Waals surface area contributed by atoms with E-state index in [4.69, 9.17) is 65.2 Å². The number of ether oxygens (including phenoxy) is 12. The van der Waals surface area contributed by atoms with Gasteiger partial charge in [-0.3, -0.25) is 18.0 Å². The first-order valence-corrected chi connectivity index (χ1v) is 32.2. The van der Waals surface area contributed by atoms with Gasteiger partial charge in [-0.15, -0.1) is 0 Å². The van der Waals surface area contributed by atoms with Gasteiger partial charge >= 0.3 is 0 Å². The minimum absolute atomic E-state index is 0.0912. The molecule has 21 aliphatic rings. The maximum absolute atomic E-state index is 14.7. The molecule has 16 N–H and O–H groups in total. The molecule has 21 aliphatic heterocycles. The number of benzene rings is 3. The largest absolute Gasteiger partial charge is 0.394 e. The summed E-state index contributed by atoms with van der Waals surface area (Å²) in [5, 5.41) is 182. The van der Waals surface area contributed by atoms with Crippen molar-refractivity contribution in [1.29, 1.82) is 0 Å². The fraction of sp³-hybridized carbons (Fsp3) is 0.643. The Bertz CT molecular complexity index is 3270. The molecule has 36 nitrogen and oxygen atoms in total. The van der Waals surface area contributed by atoms with E-state index in [-0.39, 0.29) is 22.3 Å². The fourth-order valence-corrected chi connectivity index (χ4v) is 14.5. The van der Waals surface area contributed by atoms with E-state index in [1.165, 1.54) is 36.4 Å². The number of hydrogen-bond donors (Lipinski definition) is 16. The van der Waals surface area contributed by atoms with Crippen molar-refractivity contribution in [2.24, 2.45) is 0 Å². The van der Waals surface area contributed by atoms with E-state index in [9.17, 15) is 108 Å². The summed E-state index contributed by atoms with van der Waals surface area (Å²) in [7, 11) is -10.8. The molecule has 30 atom stereocenters. The van der Waals surface area contributed by atoms with E-state index in [2.05, 4.69) is 0 Å². The maximum Gasteiger partial charge on any atom is 0.297 e. The molecule has 0 radical (unpaired) electrons. The van der Waals surface area contributed by atoms with Gasteiger partial charge in [0.05, 0.1) is 49.4 Å². The van der Waals surface area contributed by atoms with Gasteiger partial charge in [0.2, 0.25) is 0 Å². The van der Waals surface area contributed by atoms with Crippen molar-refractivity contribution in [3.05, 3.63) is 95.1 Å². The minimum atomic E-state index is -5.40. The Morgan fingerprint density at radius 2 is 0.511 bits per heavy atom. The molecule has 94 heavy (non-hydrogen) atoms. The van der Waals surface area contributed by atoms with Gasteiger partial charge in [-0.1, -0.05) is 48.5 Å². The zero-order valence-corrected chi connectivity index (χ0v) is 50.3. The topological polar surface area (TPSA) is 555 Å². The molecule has 19 saturated heterocycles. The molecule has 3 unspecified atom stereocenters. The van der Waals surface area contributed by atoms with Gasteiger partial charge in [0.25, 0.3) is 20.2 Å². The van der Waals surface area contributed by atoms with Gasteiger partial charge in [-0.05, 0) is 24.3 Å². The maximum atomic E-state index is 14.7. The van der Waals surface area contributed by atoms with E-state index >= 15 is 0 Å². The first kappa shape index (κ1) is 71.0. The van der Waals surface area contributed by atoms with Gasteiger partial charge in [0, 0.05) is 22.3 Å². The zero-order valence-electron chi connectivity index (χ0n) is 48.6. The molecule has 522 valence electrons. The van der Waals surface area contributed by atoms with Crippen LogP contribution in [-0.2, 0) is 85.4 Å². The molecule has 3 aromatic carbocycles. The van der Waals surface area contributed by atoms with Crippen LogP contribution in [0.5, 0.6) is 0 Å². The van der Waals surface area contributed by atoms with Gasteiger partial charge in [0.1, 0.15) is 134 Å². The molecule has 0 saturated carbocycles. The van der Waals surface area contributed by atoms with Crippen LogP contribution in [0.3, 0.4) is 0 Å². The molecule has 19 fully saturated rings. The summed E-state index contributed by atoms with van der Waals surface area (Å²) < 4.78 is 140. The number of ketones is 2. The molecule has 0 amide bonds. The Labute approximate surface area is 532 Å². The molecule has 21 heterocycles. The third kappa shape index (κ3) is 13.7. The van der Waals surface area contributed by atoms with Crippen LogP contribution in [0.1, 0.15) is 31.8 Å². The second kappa shape index (κ2) is 28.9. The molecular formula is C56H70O36S2. The average molecular weight is 1380 g/mol. The number of aliphatic hydroxyl groups is 16. The summed E-state index contributed by atoms with van der Waals surface area (Å²) in [6, 6.07) is 13.2. The van der Waals surface area contributed by atoms with Crippen LogP contribution < -0.4 is 0 Å². The lowest BCUT2D eigenvalue weighted by molar-refractivity contribution is -0.402. The summed E-state index contributed by atoms with van der Waals surface area (Å²) in [5.74, 6) is -1.61. The van der Waals surface area contributed by atoms with E-state index in [1.54, 1.807) is 0 Å². The van der Waals surface area contributed by atoms with E-state index in [1.807, 2.05) is 0 Å². The van der Waals surface area contributed by atoms with Crippen molar-refractivity contribution in [2.45, 2.75) is 194 Å². The number of carbonyl (C=O) groups is 2. The van der Waals surface area contributed by atoms with Crippen LogP contribution in [0, 0.1) is 0 Å². The SMILES string of the molecule is O=C1c2ccc(cc2)C(=O)c2cccc(c2)S(=O)(=O)O[C@H]2C3OC(CO)C(O[C@H]4O[C@H](CO)[C@@H](O[C@H]5O[C@H](CO)[C@@H](O[C@H]6O[C@H](CO)[C@@H](O[C@H]7O[C@H](CO)[C@@H](O[C@H]8O[C@H](CO)[C@@H](O3)[C@@H](O)[C@H]8OS(=O)(=O)c3cccc1c3)[C@H](O)[C@H]7O)[C@H](O)[C@H]6O)[C@H](O)[C@H]5O)[C@H](O)[C@H]4O)[C@H]2O. The van der Waals surface area contributed by atoms with Gasteiger partial charge in [-0.2, -0.15) is 16.8 Å². The number of aliphatic hydroxyl groups excluding tert-OH is 16. The van der Waals surface area contributed by atoms with Crippen molar-refractivity contribution in [1.82, 2.24) is 0 Å². The van der Waals surface area contributed by atoms with E-state index in [0.29, 0.717) is 0 Å². The van der Waals surface area contributed by atoms with Crippen LogP contribution in [-0.4, -0.2) is 334 Å². The summed E-state index contributed by atoms with van der Waals surface area (Å²) in [6.45, 7) is -7.11. The first-order valence-electron chi connectivity index (χ1n) is 29.3. The lowest BCUT2D eigenvalue weighted by Crippen LogP contribution is -2.69. The summed E-state index contributed by atoms with van der Waals surface area (Å²) >= 11 is 0. The second-order valence-electron chi connectivity index (χ2n) is 23.2. The van der Waals surface area contributed by atoms with Crippen molar-refractivity contribution in [3.63, 3.8) is 0 Å². The van der Waals surface area contributed by atoms with Gasteiger partial charge in [-0.25, -0.2) is 0 Å². The number of fused-ring (bicyclic) bond motifs is 4. The van der Waals surface area contributed by atoms with Crippen LogP contribution >= 0.6 is 0 Å².